The number of aliphatic hydroxyl groups excluding tert-OH is 1. The smallest absolute Gasteiger partial charge is 0.124 e. The van der Waals surface area contributed by atoms with Gasteiger partial charge < -0.3 is 9.84 Å². The summed E-state index contributed by atoms with van der Waals surface area (Å²) in [5.41, 5.74) is 1.40. The predicted molar refractivity (Wildman–Crippen MR) is 83.3 cm³/mol. The van der Waals surface area contributed by atoms with E-state index < -0.39 is 0 Å². The number of benzene rings is 1. The second kappa shape index (κ2) is 6.62. The summed E-state index contributed by atoms with van der Waals surface area (Å²) in [6.45, 7) is 6.62. The molecule has 1 aliphatic carbocycles. The minimum atomic E-state index is -0.325. The fourth-order valence-electron chi connectivity index (χ4n) is 2.78. The molecule has 2 rings (SSSR count). The summed E-state index contributed by atoms with van der Waals surface area (Å²) < 4.78 is 6.09. The predicted octanol–water partition coefficient (Wildman–Crippen LogP) is 4.45. The Kier molecular flexibility index (Phi) is 5.09. The Morgan fingerprint density at radius 3 is 2.45 bits per heavy atom. The molecule has 1 fully saturated rings. The average Bonchev–Trinajstić information content (AvgIpc) is 2.38. The highest BCUT2D eigenvalue weighted by Crippen LogP contribution is 2.28. The van der Waals surface area contributed by atoms with Crippen LogP contribution in [0.2, 0.25) is 0 Å². The highest BCUT2D eigenvalue weighted by molar-refractivity contribution is 5.32. The number of rotatable bonds is 2. The van der Waals surface area contributed by atoms with Gasteiger partial charge >= 0.3 is 0 Å². The van der Waals surface area contributed by atoms with E-state index in [4.69, 9.17) is 4.74 Å². The van der Waals surface area contributed by atoms with Gasteiger partial charge in [-0.05, 0) is 42.4 Å². The van der Waals surface area contributed by atoms with Crippen LogP contribution in [0, 0.1) is 0 Å². The molecule has 0 heterocycles. The summed E-state index contributed by atoms with van der Waals surface area (Å²) in [4.78, 5) is 0. The average molecular weight is 276 g/mol. The van der Waals surface area contributed by atoms with Gasteiger partial charge in [0.1, 0.15) is 11.9 Å². The van der Waals surface area contributed by atoms with Crippen molar-refractivity contribution in [1.82, 2.24) is 0 Å². The Hall–Kier alpha value is -1.02. The molecule has 0 amide bonds. The summed E-state index contributed by atoms with van der Waals surface area (Å²) in [5, 5.41) is 10.2. The molecule has 1 saturated carbocycles. The van der Waals surface area contributed by atoms with E-state index in [0.717, 1.165) is 31.4 Å². The van der Waals surface area contributed by atoms with Gasteiger partial charge in [0.15, 0.2) is 0 Å². The number of hydrogen-bond acceptors (Lipinski definition) is 2. The van der Waals surface area contributed by atoms with Gasteiger partial charge in [0.2, 0.25) is 0 Å². The highest BCUT2D eigenvalue weighted by Gasteiger charge is 2.23. The van der Waals surface area contributed by atoms with E-state index in [1.165, 1.54) is 18.4 Å². The van der Waals surface area contributed by atoms with Crippen molar-refractivity contribution in [3.05, 3.63) is 29.8 Å². The molecule has 1 aliphatic rings. The molecule has 2 heteroatoms. The first kappa shape index (κ1) is 15.4. The van der Waals surface area contributed by atoms with Gasteiger partial charge in [-0.15, -0.1) is 0 Å². The van der Waals surface area contributed by atoms with Crippen LogP contribution in [0.15, 0.2) is 24.3 Å². The molecule has 0 aromatic heterocycles. The SMILES string of the molecule is CC(C)(C)c1cccc(OC2CCCCCCC2O)c1. The summed E-state index contributed by atoms with van der Waals surface area (Å²) in [6, 6.07) is 8.30. The molecule has 1 aromatic rings. The maximum absolute atomic E-state index is 10.2. The van der Waals surface area contributed by atoms with Crippen LogP contribution in [0.4, 0.5) is 0 Å². The lowest BCUT2D eigenvalue weighted by Crippen LogP contribution is -2.32. The standard InChI is InChI=1S/C18H28O2/c1-18(2,3)14-9-8-10-15(13-14)20-17-12-7-5-4-6-11-16(17)19/h8-10,13,16-17,19H,4-7,11-12H2,1-3H3. The molecular weight excluding hydrogens is 248 g/mol. The van der Waals surface area contributed by atoms with Gasteiger partial charge in [0.25, 0.3) is 0 Å². The van der Waals surface area contributed by atoms with E-state index in [2.05, 4.69) is 32.9 Å². The lowest BCUT2D eigenvalue weighted by molar-refractivity contribution is 0.0187. The molecule has 0 radical (unpaired) electrons. The summed E-state index contributed by atoms with van der Waals surface area (Å²) in [6.07, 6.45) is 6.21. The van der Waals surface area contributed by atoms with E-state index in [9.17, 15) is 5.11 Å². The van der Waals surface area contributed by atoms with Gasteiger partial charge in [-0.1, -0.05) is 52.2 Å². The maximum Gasteiger partial charge on any atom is 0.124 e. The first-order chi connectivity index (χ1) is 9.47. The van der Waals surface area contributed by atoms with Crippen molar-refractivity contribution in [3.63, 3.8) is 0 Å². The Morgan fingerprint density at radius 1 is 1.05 bits per heavy atom. The first-order valence-corrected chi connectivity index (χ1v) is 7.92. The molecule has 20 heavy (non-hydrogen) atoms. The van der Waals surface area contributed by atoms with Gasteiger partial charge in [0.05, 0.1) is 6.10 Å². The zero-order valence-electron chi connectivity index (χ0n) is 13.1. The summed E-state index contributed by atoms with van der Waals surface area (Å²) in [5.74, 6) is 0.891. The van der Waals surface area contributed by atoms with E-state index in [1.807, 2.05) is 12.1 Å². The fourth-order valence-corrected chi connectivity index (χ4v) is 2.78. The van der Waals surface area contributed by atoms with Crippen molar-refractivity contribution in [3.8, 4) is 5.75 Å². The van der Waals surface area contributed by atoms with Crippen LogP contribution >= 0.6 is 0 Å². The van der Waals surface area contributed by atoms with Crippen molar-refractivity contribution < 1.29 is 9.84 Å². The molecule has 1 N–H and O–H groups in total. The second-order valence-electron chi connectivity index (χ2n) is 6.99. The van der Waals surface area contributed by atoms with Gasteiger partial charge in [-0.25, -0.2) is 0 Å². The molecular formula is C18H28O2. The molecule has 1 aromatic carbocycles. The minimum absolute atomic E-state index is 0.0504. The van der Waals surface area contributed by atoms with Crippen LogP contribution in [-0.4, -0.2) is 17.3 Å². The Bertz CT molecular complexity index is 420. The fraction of sp³-hybridized carbons (Fsp3) is 0.667. The molecule has 112 valence electrons. The minimum Gasteiger partial charge on any atom is -0.488 e. The largest absolute Gasteiger partial charge is 0.488 e. The van der Waals surface area contributed by atoms with E-state index in [-0.39, 0.29) is 17.6 Å². The van der Waals surface area contributed by atoms with Gasteiger partial charge in [-0.2, -0.15) is 0 Å². The third-order valence-electron chi connectivity index (χ3n) is 4.16. The molecule has 0 aliphatic heterocycles. The van der Waals surface area contributed by atoms with Gasteiger partial charge in [-0.3, -0.25) is 0 Å². The van der Waals surface area contributed by atoms with Crippen molar-refractivity contribution in [1.29, 1.82) is 0 Å². The molecule has 2 nitrogen and oxygen atoms in total. The number of aliphatic hydroxyl groups is 1. The van der Waals surface area contributed by atoms with Crippen LogP contribution in [0.25, 0.3) is 0 Å². The summed E-state index contributed by atoms with van der Waals surface area (Å²) in [7, 11) is 0. The van der Waals surface area contributed by atoms with Crippen LogP contribution in [0.3, 0.4) is 0 Å². The Labute approximate surface area is 123 Å². The van der Waals surface area contributed by atoms with Crippen LogP contribution in [0.1, 0.15) is 64.9 Å². The molecule has 0 saturated heterocycles. The lowest BCUT2D eigenvalue weighted by atomic mass is 9.87. The van der Waals surface area contributed by atoms with Crippen LogP contribution in [0.5, 0.6) is 5.75 Å². The molecule has 0 spiro atoms. The molecule has 0 bridgehead atoms. The normalized spacial score (nSPS) is 24.8. The topological polar surface area (TPSA) is 29.5 Å². The first-order valence-electron chi connectivity index (χ1n) is 7.92. The van der Waals surface area contributed by atoms with E-state index in [1.54, 1.807) is 0 Å². The third-order valence-corrected chi connectivity index (χ3v) is 4.16. The molecule has 2 atom stereocenters. The molecule has 2 unspecified atom stereocenters. The van der Waals surface area contributed by atoms with Crippen molar-refractivity contribution in [2.24, 2.45) is 0 Å². The monoisotopic (exact) mass is 276 g/mol. The van der Waals surface area contributed by atoms with Gasteiger partial charge in [0, 0.05) is 0 Å². The Balaban J connectivity index is 2.07. The maximum atomic E-state index is 10.2. The lowest BCUT2D eigenvalue weighted by Gasteiger charge is -2.27. The number of hydrogen-bond donors (Lipinski definition) is 1. The van der Waals surface area contributed by atoms with Crippen molar-refractivity contribution in [2.45, 2.75) is 76.9 Å². The summed E-state index contributed by atoms with van der Waals surface area (Å²) >= 11 is 0. The van der Waals surface area contributed by atoms with E-state index >= 15 is 0 Å². The van der Waals surface area contributed by atoms with Crippen molar-refractivity contribution in [2.75, 3.05) is 0 Å². The zero-order valence-corrected chi connectivity index (χ0v) is 13.1. The van der Waals surface area contributed by atoms with Crippen LogP contribution < -0.4 is 4.74 Å². The zero-order chi connectivity index (χ0) is 14.6. The van der Waals surface area contributed by atoms with Crippen molar-refractivity contribution >= 4 is 0 Å². The van der Waals surface area contributed by atoms with E-state index in [0.29, 0.717) is 0 Å². The highest BCUT2D eigenvalue weighted by atomic mass is 16.5. The second-order valence-corrected chi connectivity index (χ2v) is 6.99. The van der Waals surface area contributed by atoms with Crippen LogP contribution in [-0.2, 0) is 5.41 Å². The Morgan fingerprint density at radius 2 is 1.75 bits per heavy atom. The quantitative estimate of drug-likeness (QED) is 0.865. The number of ether oxygens (including phenoxy) is 1. The third kappa shape index (κ3) is 4.24.